The normalized spacial score (nSPS) is 17.1. The van der Waals surface area contributed by atoms with Gasteiger partial charge >= 0.3 is 0 Å². The average Bonchev–Trinajstić information content (AvgIpc) is 2.77. The quantitative estimate of drug-likeness (QED) is 0.483. The lowest BCUT2D eigenvalue weighted by Gasteiger charge is -1.97. The number of phenolic OH excluding ortho intramolecular Hbond substituents is 1. The number of hydrogen-bond acceptors (Lipinski definition) is 7. The van der Waals surface area contributed by atoms with Crippen LogP contribution in [0.4, 0.5) is 5.69 Å². The Kier molecular flexibility index (Phi) is 3.76. The van der Waals surface area contributed by atoms with Gasteiger partial charge in [0, 0.05) is 17.7 Å². The summed E-state index contributed by atoms with van der Waals surface area (Å²) in [5, 5.41) is 30.3. The molecule has 2 rings (SSSR count). The molecule has 98 valence electrons. The maximum atomic E-state index is 10.9. The van der Waals surface area contributed by atoms with Crippen molar-refractivity contribution in [3.63, 3.8) is 0 Å². The van der Waals surface area contributed by atoms with E-state index in [1.54, 1.807) is 0 Å². The molecule has 1 saturated heterocycles. The SMILES string of the molecule is O=C1CS/C(=N\N=C/c2cc([N+](=O)[O-])ccc2O)N1. The van der Waals surface area contributed by atoms with Gasteiger partial charge < -0.3 is 10.4 Å². The molecule has 1 heterocycles. The van der Waals surface area contributed by atoms with Crippen LogP contribution in [0.25, 0.3) is 0 Å². The first kappa shape index (κ1) is 13.0. The van der Waals surface area contributed by atoms with E-state index in [1.165, 1.54) is 36.2 Å². The van der Waals surface area contributed by atoms with Gasteiger partial charge in [-0.2, -0.15) is 5.10 Å². The van der Waals surface area contributed by atoms with Gasteiger partial charge in [0.15, 0.2) is 5.17 Å². The van der Waals surface area contributed by atoms with Crippen LogP contribution < -0.4 is 5.32 Å². The summed E-state index contributed by atoms with van der Waals surface area (Å²) in [5.74, 6) is -0.00837. The van der Waals surface area contributed by atoms with Gasteiger partial charge in [-0.1, -0.05) is 11.8 Å². The number of thioether (sulfide) groups is 1. The fourth-order valence-corrected chi connectivity index (χ4v) is 1.91. The summed E-state index contributed by atoms with van der Waals surface area (Å²) < 4.78 is 0. The molecule has 9 heteroatoms. The van der Waals surface area contributed by atoms with Crippen LogP contribution >= 0.6 is 11.8 Å². The third-order valence-corrected chi connectivity index (χ3v) is 3.02. The molecule has 0 bridgehead atoms. The maximum absolute atomic E-state index is 10.9. The van der Waals surface area contributed by atoms with Gasteiger partial charge in [-0.15, -0.1) is 5.10 Å². The molecule has 1 aliphatic heterocycles. The van der Waals surface area contributed by atoms with Crippen LogP contribution in [0, 0.1) is 10.1 Å². The highest BCUT2D eigenvalue weighted by Crippen LogP contribution is 2.21. The highest BCUT2D eigenvalue weighted by atomic mass is 32.2. The highest BCUT2D eigenvalue weighted by Gasteiger charge is 2.16. The molecule has 0 aromatic heterocycles. The molecule has 0 aliphatic carbocycles. The van der Waals surface area contributed by atoms with Gasteiger partial charge in [0.2, 0.25) is 5.91 Å². The third-order valence-electron chi connectivity index (χ3n) is 2.15. The number of nitro benzene ring substituents is 1. The molecule has 1 amide bonds. The van der Waals surface area contributed by atoms with E-state index in [0.717, 1.165) is 0 Å². The molecule has 8 nitrogen and oxygen atoms in total. The summed E-state index contributed by atoms with van der Waals surface area (Å²) in [6.45, 7) is 0. The molecule has 19 heavy (non-hydrogen) atoms. The van der Waals surface area contributed by atoms with Crippen LogP contribution in [0.15, 0.2) is 28.4 Å². The third kappa shape index (κ3) is 3.28. The summed E-state index contributed by atoms with van der Waals surface area (Å²) in [6.07, 6.45) is 1.18. The largest absolute Gasteiger partial charge is 0.507 e. The van der Waals surface area contributed by atoms with E-state index in [9.17, 15) is 20.0 Å². The average molecular weight is 280 g/mol. The van der Waals surface area contributed by atoms with Gasteiger partial charge in [0.1, 0.15) is 5.75 Å². The molecule has 0 atom stereocenters. The zero-order valence-corrected chi connectivity index (χ0v) is 10.3. The Morgan fingerprint density at radius 3 is 2.95 bits per heavy atom. The predicted molar refractivity (Wildman–Crippen MR) is 70.4 cm³/mol. The van der Waals surface area contributed by atoms with E-state index in [0.29, 0.717) is 5.17 Å². The van der Waals surface area contributed by atoms with Crippen molar-refractivity contribution in [3.05, 3.63) is 33.9 Å². The Bertz CT molecular complexity index is 599. The number of carbonyl (C=O) groups is 1. The Labute approximate surface area is 111 Å². The fraction of sp³-hybridized carbons (Fsp3) is 0.100. The summed E-state index contributed by atoms with van der Waals surface area (Å²) in [4.78, 5) is 20.9. The standard InChI is InChI=1S/C10H8N4O4S/c15-8-2-1-7(14(17)18)3-6(8)4-11-13-10-12-9(16)5-19-10/h1-4,15H,5H2,(H,12,13,16)/b11-4-. The number of amides is 1. The molecule has 1 fully saturated rings. The van der Waals surface area contributed by atoms with Crippen molar-refractivity contribution in [2.45, 2.75) is 0 Å². The van der Waals surface area contributed by atoms with Gasteiger partial charge in [0.25, 0.3) is 5.69 Å². The summed E-state index contributed by atoms with van der Waals surface area (Å²) in [5.41, 5.74) is 0.0170. The summed E-state index contributed by atoms with van der Waals surface area (Å²) >= 11 is 1.20. The number of nitro groups is 1. The molecule has 2 N–H and O–H groups in total. The van der Waals surface area contributed by atoms with E-state index in [2.05, 4.69) is 15.5 Å². The topological polar surface area (TPSA) is 117 Å². The second-order valence-corrected chi connectivity index (χ2v) is 4.45. The molecule has 0 radical (unpaired) electrons. The number of nitrogens with one attached hydrogen (secondary N) is 1. The number of benzene rings is 1. The number of hydrogen-bond donors (Lipinski definition) is 2. The van der Waals surface area contributed by atoms with E-state index < -0.39 is 4.92 Å². The number of non-ortho nitro benzene ring substituents is 1. The minimum absolute atomic E-state index is 0.141. The molecule has 1 aliphatic rings. The fourth-order valence-electron chi connectivity index (χ4n) is 1.28. The molecule has 1 aromatic carbocycles. The lowest BCUT2D eigenvalue weighted by molar-refractivity contribution is -0.384. The second-order valence-electron chi connectivity index (χ2n) is 3.49. The van der Waals surface area contributed by atoms with Crippen LogP contribution in [0.5, 0.6) is 5.75 Å². The van der Waals surface area contributed by atoms with Gasteiger partial charge in [-0.05, 0) is 6.07 Å². The summed E-state index contributed by atoms with van der Waals surface area (Å²) in [7, 11) is 0. The molecular weight excluding hydrogens is 272 g/mol. The molecule has 0 unspecified atom stereocenters. The van der Waals surface area contributed by atoms with Crippen molar-refractivity contribution in [3.8, 4) is 5.75 Å². The van der Waals surface area contributed by atoms with Gasteiger partial charge in [-0.3, -0.25) is 14.9 Å². The van der Waals surface area contributed by atoms with Crippen LogP contribution in [0.3, 0.4) is 0 Å². The van der Waals surface area contributed by atoms with Crippen molar-refractivity contribution >= 4 is 34.7 Å². The number of aromatic hydroxyl groups is 1. The zero-order valence-electron chi connectivity index (χ0n) is 9.44. The van der Waals surface area contributed by atoms with Crippen LogP contribution in [0.1, 0.15) is 5.56 Å². The number of nitrogens with zero attached hydrogens (tertiary/aromatic N) is 3. The maximum Gasteiger partial charge on any atom is 0.270 e. The van der Waals surface area contributed by atoms with E-state index >= 15 is 0 Å². The van der Waals surface area contributed by atoms with Crippen LogP contribution in [0.2, 0.25) is 0 Å². The first-order chi connectivity index (χ1) is 9.06. The Morgan fingerprint density at radius 1 is 1.53 bits per heavy atom. The number of rotatable bonds is 3. The second kappa shape index (κ2) is 5.48. The van der Waals surface area contributed by atoms with Crippen molar-refractivity contribution in [2.24, 2.45) is 10.2 Å². The van der Waals surface area contributed by atoms with Gasteiger partial charge in [0.05, 0.1) is 16.9 Å². The number of phenols is 1. The van der Waals surface area contributed by atoms with Crippen LogP contribution in [-0.4, -0.2) is 33.1 Å². The molecular formula is C10H8N4O4S. The molecule has 0 spiro atoms. The minimum Gasteiger partial charge on any atom is -0.507 e. The van der Waals surface area contributed by atoms with E-state index in [-0.39, 0.29) is 28.7 Å². The minimum atomic E-state index is -0.574. The first-order valence-corrected chi connectivity index (χ1v) is 6.06. The smallest absolute Gasteiger partial charge is 0.270 e. The Morgan fingerprint density at radius 2 is 2.32 bits per heavy atom. The zero-order chi connectivity index (χ0) is 13.8. The number of carbonyl (C=O) groups excluding carboxylic acids is 1. The van der Waals surface area contributed by atoms with Gasteiger partial charge in [-0.25, -0.2) is 0 Å². The molecule has 0 saturated carbocycles. The van der Waals surface area contributed by atoms with Crippen molar-refractivity contribution in [1.82, 2.24) is 5.32 Å². The van der Waals surface area contributed by atoms with E-state index in [1.807, 2.05) is 0 Å². The first-order valence-electron chi connectivity index (χ1n) is 5.07. The summed E-state index contributed by atoms with van der Waals surface area (Å²) in [6, 6.07) is 3.57. The van der Waals surface area contributed by atoms with Crippen molar-refractivity contribution in [2.75, 3.05) is 5.75 Å². The Balaban J connectivity index is 2.16. The Hall–Kier alpha value is -2.42. The molecule has 1 aromatic rings. The van der Waals surface area contributed by atoms with Crippen molar-refractivity contribution in [1.29, 1.82) is 0 Å². The van der Waals surface area contributed by atoms with E-state index in [4.69, 9.17) is 0 Å². The number of amidine groups is 1. The monoisotopic (exact) mass is 280 g/mol. The lowest BCUT2D eigenvalue weighted by atomic mass is 10.2. The van der Waals surface area contributed by atoms with Crippen molar-refractivity contribution < 1.29 is 14.8 Å². The highest BCUT2D eigenvalue weighted by molar-refractivity contribution is 8.15. The lowest BCUT2D eigenvalue weighted by Crippen LogP contribution is -2.19. The van der Waals surface area contributed by atoms with Crippen LogP contribution in [-0.2, 0) is 4.79 Å². The predicted octanol–water partition coefficient (Wildman–Crippen LogP) is 0.853.